The molecule has 0 bridgehead atoms. The summed E-state index contributed by atoms with van der Waals surface area (Å²) in [5.74, 6) is -0.00699. The summed E-state index contributed by atoms with van der Waals surface area (Å²) >= 11 is 6.22. The fraction of sp³-hybridized carbons (Fsp3) is 0.118. The molecule has 100 valence electrons. The standard InChI is InChI=1S/C17H14ClNO/c1-10-6-7-12(8-11(10)2)17(20)13-9-19-15-5-3-4-14(18)16(13)15/h3-9,19H,1-2H3. The van der Waals surface area contributed by atoms with E-state index < -0.39 is 0 Å². The Labute approximate surface area is 122 Å². The van der Waals surface area contributed by atoms with Gasteiger partial charge in [0, 0.05) is 28.2 Å². The summed E-state index contributed by atoms with van der Waals surface area (Å²) in [7, 11) is 0. The Kier molecular flexibility index (Phi) is 3.11. The summed E-state index contributed by atoms with van der Waals surface area (Å²) in [5.41, 5.74) is 4.48. The Balaban J connectivity index is 2.15. The van der Waals surface area contributed by atoms with E-state index in [1.807, 2.05) is 44.2 Å². The first-order chi connectivity index (χ1) is 9.58. The number of hydrogen-bond acceptors (Lipinski definition) is 1. The molecule has 20 heavy (non-hydrogen) atoms. The van der Waals surface area contributed by atoms with E-state index in [1.54, 1.807) is 12.3 Å². The number of rotatable bonds is 2. The lowest BCUT2D eigenvalue weighted by Gasteiger charge is -2.04. The van der Waals surface area contributed by atoms with E-state index in [0.29, 0.717) is 16.1 Å². The van der Waals surface area contributed by atoms with Gasteiger partial charge in [0.15, 0.2) is 5.78 Å². The predicted octanol–water partition coefficient (Wildman–Crippen LogP) is 4.67. The van der Waals surface area contributed by atoms with Crippen LogP contribution in [0, 0.1) is 13.8 Å². The van der Waals surface area contributed by atoms with Gasteiger partial charge >= 0.3 is 0 Å². The van der Waals surface area contributed by atoms with Crippen LogP contribution in [0.15, 0.2) is 42.6 Å². The Morgan fingerprint density at radius 3 is 2.65 bits per heavy atom. The van der Waals surface area contributed by atoms with Gasteiger partial charge in [-0.2, -0.15) is 0 Å². The maximum atomic E-state index is 12.7. The van der Waals surface area contributed by atoms with Gasteiger partial charge in [0.1, 0.15) is 0 Å². The first-order valence-electron chi connectivity index (χ1n) is 6.45. The van der Waals surface area contributed by atoms with E-state index in [4.69, 9.17) is 11.6 Å². The molecule has 0 saturated carbocycles. The second kappa shape index (κ2) is 4.80. The van der Waals surface area contributed by atoms with Crippen LogP contribution in [0.2, 0.25) is 5.02 Å². The third-order valence-corrected chi connectivity index (χ3v) is 3.98. The summed E-state index contributed by atoms with van der Waals surface area (Å²) < 4.78 is 0. The zero-order valence-electron chi connectivity index (χ0n) is 11.3. The third-order valence-electron chi connectivity index (χ3n) is 3.67. The van der Waals surface area contributed by atoms with Crippen molar-refractivity contribution in [1.82, 2.24) is 4.98 Å². The van der Waals surface area contributed by atoms with Crippen LogP contribution < -0.4 is 0 Å². The van der Waals surface area contributed by atoms with Crippen LogP contribution in [0.3, 0.4) is 0 Å². The van der Waals surface area contributed by atoms with E-state index >= 15 is 0 Å². The molecule has 0 amide bonds. The van der Waals surface area contributed by atoms with Gasteiger partial charge in [-0.3, -0.25) is 4.79 Å². The van der Waals surface area contributed by atoms with Gasteiger partial charge in [-0.15, -0.1) is 0 Å². The van der Waals surface area contributed by atoms with Gasteiger partial charge in [-0.05, 0) is 43.2 Å². The molecular formula is C17H14ClNO. The molecule has 1 N–H and O–H groups in total. The molecule has 0 saturated heterocycles. The predicted molar refractivity (Wildman–Crippen MR) is 82.7 cm³/mol. The topological polar surface area (TPSA) is 32.9 Å². The SMILES string of the molecule is Cc1ccc(C(=O)c2c[nH]c3cccc(Cl)c23)cc1C. The van der Waals surface area contributed by atoms with Crippen molar-refractivity contribution in [2.45, 2.75) is 13.8 Å². The van der Waals surface area contributed by atoms with Crippen molar-refractivity contribution in [3.63, 3.8) is 0 Å². The molecule has 1 aromatic heterocycles. The number of carbonyl (C=O) groups excluding carboxylic acids is 1. The van der Waals surface area contributed by atoms with E-state index in [-0.39, 0.29) is 5.78 Å². The Hall–Kier alpha value is -2.06. The number of carbonyl (C=O) groups is 1. The van der Waals surface area contributed by atoms with Crippen LogP contribution >= 0.6 is 11.6 Å². The second-order valence-electron chi connectivity index (χ2n) is 4.99. The molecule has 0 aliphatic rings. The normalized spacial score (nSPS) is 10.9. The second-order valence-corrected chi connectivity index (χ2v) is 5.40. The summed E-state index contributed by atoms with van der Waals surface area (Å²) in [6.07, 6.45) is 1.73. The average Bonchev–Trinajstić information content (AvgIpc) is 2.86. The maximum Gasteiger partial charge on any atom is 0.195 e. The number of aromatic amines is 1. The van der Waals surface area contributed by atoms with Crippen molar-refractivity contribution in [2.24, 2.45) is 0 Å². The number of H-pyrrole nitrogens is 1. The minimum absolute atomic E-state index is 0.00699. The fourth-order valence-electron chi connectivity index (χ4n) is 2.36. The highest BCUT2D eigenvalue weighted by molar-refractivity contribution is 6.37. The molecule has 0 aliphatic heterocycles. The summed E-state index contributed by atoms with van der Waals surface area (Å²) in [6, 6.07) is 11.3. The number of benzene rings is 2. The molecule has 0 unspecified atom stereocenters. The van der Waals surface area contributed by atoms with E-state index in [2.05, 4.69) is 4.98 Å². The summed E-state index contributed by atoms with van der Waals surface area (Å²) in [5, 5.41) is 1.38. The monoisotopic (exact) mass is 283 g/mol. The zero-order chi connectivity index (χ0) is 14.3. The Morgan fingerprint density at radius 1 is 1.10 bits per heavy atom. The van der Waals surface area contributed by atoms with Crippen molar-refractivity contribution in [3.8, 4) is 0 Å². The highest BCUT2D eigenvalue weighted by atomic mass is 35.5. The highest BCUT2D eigenvalue weighted by Crippen LogP contribution is 2.28. The Morgan fingerprint density at radius 2 is 1.90 bits per heavy atom. The first kappa shape index (κ1) is 12.9. The molecule has 2 nitrogen and oxygen atoms in total. The van der Waals surface area contributed by atoms with Gasteiger partial charge < -0.3 is 4.98 Å². The van der Waals surface area contributed by atoms with Gasteiger partial charge in [-0.1, -0.05) is 29.8 Å². The maximum absolute atomic E-state index is 12.7. The molecule has 0 radical (unpaired) electrons. The molecule has 2 aromatic carbocycles. The van der Waals surface area contributed by atoms with Crippen molar-refractivity contribution in [2.75, 3.05) is 0 Å². The lowest BCUT2D eigenvalue weighted by Crippen LogP contribution is -2.01. The van der Waals surface area contributed by atoms with Crippen molar-refractivity contribution >= 4 is 28.3 Å². The molecule has 0 atom stereocenters. The van der Waals surface area contributed by atoms with Gasteiger partial charge in [0.25, 0.3) is 0 Å². The molecule has 3 aromatic rings. The van der Waals surface area contributed by atoms with Crippen molar-refractivity contribution < 1.29 is 4.79 Å². The van der Waals surface area contributed by atoms with E-state index in [1.165, 1.54) is 5.56 Å². The van der Waals surface area contributed by atoms with Crippen molar-refractivity contribution in [3.05, 3.63) is 69.9 Å². The molecular weight excluding hydrogens is 270 g/mol. The van der Waals surface area contributed by atoms with E-state index in [9.17, 15) is 4.79 Å². The Bertz CT molecular complexity index is 817. The number of fused-ring (bicyclic) bond motifs is 1. The number of hydrogen-bond donors (Lipinski definition) is 1. The van der Waals surface area contributed by atoms with Crippen LogP contribution in [0.25, 0.3) is 10.9 Å². The molecule has 1 heterocycles. The summed E-state index contributed by atoms with van der Waals surface area (Å²) in [6.45, 7) is 4.04. The molecule has 3 rings (SSSR count). The minimum Gasteiger partial charge on any atom is -0.360 e. The van der Waals surface area contributed by atoms with Crippen LogP contribution in [-0.2, 0) is 0 Å². The quantitative estimate of drug-likeness (QED) is 0.681. The van der Waals surface area contributed by atoms with Crippen LogP contribution in [0.4, 0.5) is 0 Å². The average molecular weight is 284 g/mol. The lowest BCUT2D eigenvalue weighted by molar-refractivity contribution is 0.104. The fourth-order valence-corrected chi connectivity index (χ4v) is 2.63. The number of aryl methyl sites for hydroxylation is 2. The lowest BCUT2D eigenvalue weighted by atomic mass is 9.99. The van der Waals surface area contributed by atoms with Crippen molar-refractivity contribution in [1.29, 1.82) is 0 Å². The van der Waals surface area contributed by atoms with Crippen LogP contribution in [-0.4, -0.2) is 10.8 Å². The minimum atomic E-state index is -0.00699. The molecule has 0 fully saturated rings. The summed E-state index contributed by atoms with van der Waals surface area (Å²) in [4.78, 5) is 15.8. The number of aromatic nitrogens is 1. The van der Waals surface area contributed by atoms with Gasteiger partial charge in [0.2, 0.25) is 0 Å². The number of halogens is 1. The van der Waals surface area contributed by atoms with Crippen LogP contribution in [0.5, 0.6) is 0 Å². The molecule has 0 aliphatic carbocycles. The largest absolute Gasteiger partial charge is 0.360 e. The van der Waals surface area contributed by atoms with Crippen LogP contribution in [0.1, 0.15) is 27.0 Å². The number of nitrogens with one attached hydrogen (secondary N) is 1. The zero-order valence-corrected chi connectivity index (χ0v) is 12.1. The molecule has 3 heteroatoms. The first-order valence-corrected chi connectivity index (χ1v) is 6.83. The number of ketones is 1. The van der Waals surface area contributed by atoms with Gasteiger partial charge in [0.05, 0.1) is 5.02 Å². The third kappa shape index (κ3) is 2.02. The highest BCUT2D eigenvalue weighted by Gasteiger charge is 2.16. The van der Waals surface area contributed by atoms with E-state index in [0.717, 1.165) is 16.5 Å². The smallest absolute Gasteiger partial charge is 0.195 e. The van der Waals surface area contributed by atoms with Gasteiger partial charge in [-0.25, -0.2) is 0 Å². The molecule has 0 spiro atoms.